The van der Waals surface area contributed by atoms with Crippen LogP contribution in [0.1, 0.15) is 25.8 Å². The molecule has 0 saturated carbocycles. The summed E-state index contributed by atoms with van der Waals surface area (Å²) in [7, 11) is 3.27. The van der Waals surface area contributed by atoms with E-state index in [1.165, 1.54) is 0 Å². The number of aryl methyl sites for hydroxylation is 1. The van der Waals surface area contributed by atoms with E-state index in [0.29, 0.717) is 12.8 Å². The number of hydrogen-bond donors (Lipinski definition) is 0. The van der Waals surface area contributed by atoms with Crippen molar-refractivity contribution >= 4 is 5.91 Å². The summed E-state index contributed by atoms with van der Waals surface area (Å²) in [6.07, 6.45) is 1.15. The zero-order valence-electron chi connectivity index (χ0n) is 12.2. The van der Waals surface area contributed by atoms with Gasteiger partial charge in [0.2, 0.25) is 5.91 Å². The Morgan fingerprint density at radius 2 is 1.84 bits per heavy atom. The lowest BCUT2D eigenvalue weighted by Crippen LogP contribution is -2.30. The van der Waals surface area contributed by atoms with Crippen molar-refractivity contribution in [3.05, 3.63) is 23.8 Å². The molecule has 0 aliphatic carbocycles. The number of carbonyl (C=O) groups excluding carboxylic acids is 1. The Bertz CT molecular complexity index is 414. The van der Waals surface area contributed by atoms with E-state index in [2.05, 4.69) is 0 Å². The molecular weight excluding hydrogens is 242 g/mol. The van der Waals surface area contributed by atoms with Crippen LogP contribution in [-0.4, -0.2) is 38.1 Å². The van der Waals surface area contributed by atoms with E-state index in [1.54, 1.807) is 14.2 Å². The minimum atomic E-state index is 0.176. The Hall–Kier alpha value is -1.71. The van der Waals surface area contributed by atoms with E-state index in [-0.39, 0.29) is 5.91 Å². The highest BCUT2D eigenvalue weighted by Gasteiger charge is 2.12. The second kappa shape index (κ2) is 7.67. The van der Waals surface area contributed by atoms with Gasteiger partial charge in [-0.05, 0) is 44.0 Å². The van der Waals surface area contributed by atoms with Gasteiger partial charge in [-0.1, -0.05) is 0 Å². The molecule has 0 aliphatic rings. The SMILES string of the molecule is CCN(CC)C(=O)CCc1cc(OC)ccc1OC. The van der Waals surface area contributed by atoms with Crippen molar-refractivity contribution in [1.29, 1.82) is 0 Å². The van der Waals surface area contributed by atoms with Crippen LogP contribution < -0.4 is 9.47 Å². The summed E-state index contributed by atoms with van der Waals surface area (Å²) < 4.78 is 10.5. The zero-order chi connectivity index (χ0) is 14.3. The zero-order valence-corrected chi connectivity index (χ0v) is 12.2. The number of nitrogens with zero attached hydrogens (tertiary/aromatic N) is 1. The predicted octanol–water partition coefficient (Wildman–Crippen LogP) is 2.50. The number of methoxy groups -OCH3 is 2. The van der Waals surface area contributed by atoms with Crippen molar-refractivity contribution in [3.8, 4) is 11.5 Å². The van der Waals surface area contributed by atoms with Crippen molar-refractivity contribution in [1.82, 2.24) is 4.90 Å². The second-order valence-electron chi connectivity index (χ2n) is 4.24. The Kier molecular flexibility index (Phi) is 6.19. The minimum absolute atomic E-state index is 0.176. The first-order valence-electron chi connectivity index (χ1n) is 6.64. The summed E-state index contributed by atoms with van der Waals surface area (Å²) in [6, 6.07) is 5.65. The van der Waals surface area contributed by atoms with Gasteiger partial charge in [0.05, 0.1) is 14.2 Å². The molecule has 0 atom stereocenters. The third-order valence-electron chi connectivity index (χ3n) is 3.21. The van der Waals surface area contributed by atoms with Gasteiger partial charge in [-0.3, -0.25) is 4.79 Å². The smallest absolute Gasteiger partial charge is 0.222 e. The maximum absolute atomic E-state index is 12.0. The lowest BCUT2D eigenvalue weighted by Gasteiger charge is -2.19. The van der Waals surface area contributed by atoms with E-state index < -0.39 is 0 Å². The molecule has 1 aromatic rings. The molecule has 4 heteroatoms. The minimum Gasteiger partial charge on any atom is -0.497 e. The predicted molar refractivity (Wildman–Crippen MR) is 75.8 cm³/mol. The molecule has 1 rings (SSSR count). The molecule has 0 N–H and O–H groups in total. The molecule has 0 fully saturated rings. The third-order valence-corrected chi connectivity index (χ3v) is 3.21. The van der Waals surface area contributed by atoms with Gasteiger partial charge in [-0.15, -0.1) is 0 Å². The second-order valence-corrected chi connectivity index (χ2v) is 4.24. The van der Waals surface area contributed by atoms with Gasteiger partial charge >= 0.3 is 0 Å². The Labute approximate surface area is 115 Å². The molecule has 4 nitrogen and oxygen atoms in total. The molecule has 0 spiro atoms. The van der Waals surface area contributed by atoms with Crippen molar-refractivity contribution in [2.24, 2.45) is 0 Å². The number of hydrogen-bond acceptors (Lipinski definition) is 3. The normalized spacial score (nSPS) is 10.1. The van der Waals surface area contributed by atoms with Gasteiger partial charge in [0.1, 0.15) is 11.5 Å². The van der Waals surface area contributed by atoms with Crippen molar-refractivity contribution < 1.29 is 14.3 Å². The molecule has 0 bridgehead atoms. The lowest BCUT2D eigenvalue weighted by atomic mass is 10.1. The monoisotopic (exact) mass is 265 g/mol. The van der Waals surface area contributed by atoms with Gasteiger partial charge in [0.15, 0.2) is 0 Å². The highest BCUT2D eigenvalue weighted by atomic mass is 16.5. The summed E-state index contributed by atoms with van der Waals surface area (Å²) in [5.74, 6) is 1.76. The Balaban J connectivity index is 2.73. The van der Waals surface area contributed by atoms with Crippen LogP contribution in [0.5, 0.6) is 11.5 Å². The maximum Gasteiger partial charge on any atom is 0.222 e. The first kappa shape index (κ1) is 15.3. The van der Waals surface area contributed by atoms with Crippen molar-refractivity contribution in [3.63, 3.8) is 0 Å². The van der Waals surface area contributed by atoms with E-state index in [9.17, 15) is 4.79 Å². The van der Waals surface area contributed by atoms with Crippen LogP contribution in [-0.2, 0) is 11.2 Å². The maximum atomic E-state index is 12.0. The number of rotatable bonds is 7. The van der Waals surface area contributed by atoms with E-state index in [0.717, 1.165) is 30.2 Å². The van der Waals surface area contributed by atoms with Crippen LogP contribution >= 0.6 is 0 Å². The summed E-state index contributed by atoms with van der Waals surface area (Å²) in [6.45, 7) is 5.50. The van der Waals surface area contributed by atoms with Crippen LogP contribution in [0.4, 0.5) is 0 Å². The van der Waals surface area contributed by atoms with Gasteiger partial charge in [0, 0.05) is 19.5 Å². The highest BCUT2D eigenvalue weighted by Crippen LogP contribution is 2.25. The van der Waals surface area contributed by atoms with Crippen LogP contribution in [0.15, 0.2) is 18.2 Å². The molecule has 0 aliphatic heterocycles. The van der Waals surface area contributed by atoms with E-state index >= 15 is 0 Å². The van der Waals surface area contributed by atoms with Crippen LogP contribution in [0, 0.1) is 0 Å². The topological polar surface area (TPSA) is 38.8 Å². The molecule has 1 aromatic carbocycles. The van der Waals surface area contributed by atoms with Gasteiger partial charge in [-0.25, -0.2) is 0 Å². The fourth-order valence-corrected chi connectivity index (χ4v) is 2.05. The third kappa shape index (κ3) is 4.16. The molecule has 0 heterocycles. The summed E-state index contributed by atoms with van der Waals surface area (Å²) in [4.78, 5) is 13.8. The first-order chi connectivity index (χ1) is 9.15. The summed E-state index contributed by atoms with van der Waals surface area (Å²) in [5, 5.41) is 0. The van der Waals surface area contributed by atoms with Crippen molar-refractivity contribution in [2.75, 3.05) is 27.3 Å². The molecule has 0 aromatic heterocycles. The quantitative estimate of drug-likeness (QED) is 0.760. The fourth-order valence-electron chi connectivity index (χ4n) is 2.05. The van der Waals surface area contributed by atoms with E-state index in [1.807, 2.05) is 36.9 Å². The number of amides is 1. The number of benzene rings is 1. The molecule has 1 amide bonds. The molecule has 0 radical (unpaired) electrons. The standard InChI is InChI=1S/C15H23NO3/c1-5-16(6-2)15(17)10-7-12-11-13(18-3)8-9-14(12)19-4/h8-9,11H,5-7,10H2,1-4H3. The lowest BCUT2D eigenvalue weighted by molar-refractivity contribution is -0.130. The molecule has 0 saturated heterocycles. The van der Waals surface area contributed by atoms with Crippen LogP contribution in [0.3, 0.4) is 0 Å². The molecule has 106 valence electrons. The van der Waals surface area contributed by atoms with E-state index in [4.69, 9.17) is 9.47 Å². The largest absolute Gasteiger partial charge is 0.497 e. The number of carbonyl (C=O) groups is 1. The van der Waals surface area contributed by atoms with Gasteiger partial charge in [0.25, 0.3) is 0 Å². The molecular formula is C15H23NO3. The highest BCUT2D eigenvalue weighted by molar-refractivity contribution is 5.76. The average molecular weight is 265 g/mol. The van der Waals surface area contributed by atoms with Gasteiger partial charge in [-0.2, -0.15) is 0 Å². The fraction of sp³-hybridized carbons (Fsp3) is 0.533. The Morgan fingerprint density at radius 1 is 1.16 bits per heavy atom. The number of ether oxygens (including phenoxy) is 2. The van der Waals surface area contributed by atoms with Crippen LogP contribution in [0.2, 0.25) is 0 Å². The molecule has 0 unspecified atom stereocenters. The van der Waals surface area contributed by atoms with Crippen LogP contribution in [0.25, 0.3) is 0 Å². The van der Waals surface area contributed by atoms with Crippen molar-refractivity contribution in [2.45, 2.75) is 26.7 Å². The van der Waals surface area contributed by atoms with Gasteiger partial charge < -0.3 is 14.4 Å². The molecule has 19 heavy (non-hydrogen) atoms. The average Bonchev–Trinajstić information content (AvgIpc) is 2.45. The first-order valence-corrected chi connectivity index (χ1v) is 6.64. The summed E-state index contributed by atoms with van der Waals surface area (Å²) >= 11 is 0. The summed E-state index contributed by atoms with van der Waals surface area (Å²) in [5.41, 5.74) is 1.00. The Morgan fingerprint density at radius 3 is 2.37 bits per heavy atom.